The van der Waals surface area contributed by atoms with Gasteiger partial charge >= 0.3 is 5.97 Å². The number of nitrogens with zero attached hydrogens (tertiary/aromatic N) is 2. The monoisotopic (exact) mass is 428 g/mol. The second kappa shape index (κ2) is 11.5. The average Bonchev–Trinajstić information content (AvgIpc) is 2.75. The van der Waals surface area contributed by atoms with Crippen molar-refractivity contribution in [2.45, 2.75) is 26.7 Å². The first kappa shape index (κ1) is 22.8. The number of rotatable bonds is 9. The van der Waals surface area contributed by atoms with Crippen LogP contribution in [0.2, 0.25) is 5.02 Å². The molecule has 30 heavy (non-hydrogen) atoms. The molecule has 0 radical (unpaired) electrons. The molecule has 0 bridgehead atoms. The second-order valence-corrected chi connectivity index (χ2v) is 8.68. The number of ether oxygens (including phenoxy) is 1. The summed E-state index contributed by atoms with van der Waals surface area (Å²) < 4.78 is 5.04. The quantitative estimate of drug-likeness (QED) is 0.548. The Morgan fingerprint density at radius 1 is 0.967 bits per heavy atom. The van der Waals surface area contributed by atoms with Gasteiger partial charge in [-0.2, -0.15) is 0 Å². The van der Waals surface area contributed by atoms with E-state index < -0.39 is 0 Å². The van der Waals surface area contributed by atoms with Crippen molar-refractivity contribution in [3.63, 3.8) is 0 Å². The van der Waals surface area contributed by atoms with Crippen LogP contribution in [-0.2, 0) is 17.6 Å². The summed E-state index contributed by atoms with van der Waals surface area (Å²) in [6.45, 7) is 11.3. The normalized spacial score (nSPS) is 16.4. The molecule has 1 saturated heterocycles. The Bertz CT molecular complexity index is 784. The van der Waals surface area contributed by atoms with Crippen molar-refractivity contribution in [1.82, 2.24) is 9.80 Å². The lowest BCUT2D eigenvalue weighted by Crippen LogP contribution is -2.48. The van der Waals surface area contributed by atoms with Gasteiger partial charge in [-0.1, -0.05) is 42.8 Å². The van der Waals surface area contributed by atoms with Crippen molar-refractivity contribution >= 4 is 17.6 Å². The van der Waals surface area contributed by atoms with Crippen LogP contribution in [0, 0.1) is 5.92 Å². The predicted octanol–water partition coefficient (Wildman–Crippen LogP) is 4.56. The fourth-order valence-corrected chi connectivity index (χ4v) is 4.16. The maximum atomic E-state index is 11.7. The molecule has 0 N–H and O–H groups in total. The van der Waals surface area contributed by atoms with E-state index in [1.165, 1.54) is 11.1 Å². The van der Waals surface area contributed by atoms with Gasteiger partial charge in [-0.05, 0) is 61.1 Å². The molecule has 2 aromatic rings. The van der Waals surface area contributed by atoms with Gasteiger partial charge in [0, 0.05) is 44.3 Å². The van der Waals surface area contributed by atoms with E-state index in [1.807, 2.05) is 43.3 Å². The lowest BCUT2D eigenvalue weighted by molar-refractivity contribution is 0.0526. The van der Waals surface area contributed by atoms with Gasteiger partial charge in [-0.15, -0.1) is 0 Å². The number of benzene rings is 2. The van der Waals surface area contributed by atoms with Crippen LogP contribution in [0.5, 0.6) is 0 Å². The van der Waals surface area contributed by atoms with E-state index in [0.717, 1.165) is 57.1 Å². The van der Waals surface area contributed by atoms with E-state index in [-0.39, 0.29) is 5.97 Å². The molecule has 1 atom stereocenters. The van der Waals surface area contributed by atoms with Crippen LogP contribution in [0.4, 0.5) is 0 Å². The Hall–Kier alpha value is -1.88. The van der Waals surface area contributed by atoms with Crippen molar-refractivity contribution in [2.75, 3.05) is 45.9 Å². The number of halogens is 1. The highest BCUT2D eigenvalue weighted by Crippen LogP contribution is 2.15. The van der Waals surface area contributed by atoms with Gasteiger partial charge < -0.3 is 14.5 Å². The Kier molecular flexibility index (Phi) is 8.74. The van der Waals surface area contributed by atoms with E-state index in [1.54, 1.807) is 0 Å². The predicted molar refractivity (Wildman–Crippen MR) is 123 cm³/mol. The Morgan fingerprint density at radius 3 is 2.20 bits per heavy atom. The SMILES string of the molecule is CCOC(=O)c1ccc(CCN2CCN(CC(C)Cc3ccc(Cl)cc3)CC2)cc1. The van der Waals surface area contributed by atoms with Crippen molar-refractivity contribution in [3.8, 4) is 0 Å². The van der Waals surface area contributed by atoms with E-state index in [2.05, 4.69) is 28.9 Å². The van der Waals surface area contributed by atoms with E-state index in [9.17, 15) is 4.79 Å². The molecule has 1 aliphatic heterocycles. The molecule has 0 aliphatic carbocycles. The largest absolute Gasteiger partial charge is 0.462 e. The highest BCUT2D eigenvalue weighted by Gasteiger charge is 2.18. The summed E-state index contributed by atoms with van der Waals surface area (Å²) in [5, 5.41) is 0.803. The van der Waals surface area contributed by atoms with Crippen molar-refractivity contribution in [1.29, 1.82) is 0 Å². The van der Waals surface area contributed by atoms with E-state index in [4.69, 9.17) is 16.3 Å². The van der Waals surface area contributed by atoms with Crippen molar-refractivity contribution in [2.24, 2.45) is 5.92 Å². The Morgan fingerprint density at radius 2 is 1.57 bits per heavy atom. The fraction of sp³-hybridized carbons (Fsp3) is 0.480. The number of hydrogen-bond acceptors (Lipinski definition) is 4. The topological polar surface area (TPSA) is 32.8 Å². The van der Waals surface area contributed by atoms with Crippen LogP contribution < -0.4 is 0 Å². The van der Waals surface area contributed by atoms with Gasteiger partial charge in [0.2, 0.25) is 0 Å². The first-order chi connectivity index (χ1) is 14.5. The standard InChI is InChI=1S/C25H33ClN2O2/c1-3-30-25(29)23-8-4-21(5-9-23)12-13-27-14-16-28(17-15-27)19-20(2)18-22-6-10-24(26)11-7-22/h4-11,20H,3,12-19H2,1-2H3. The van der Waals surface area contributed by atoms with Gasteiger partial charge in [-0.3, -0.25) is 0 Å². The molecule has 0 spiro atoms. The lowest BCUT2D eigenvalue weighted by Gasteiger charge is -2.36. The van der Waals surface area contributed by atoms with Crippen LogP contribution in [0.3, 0.4) is 0 Å². The lowest BCUT2D eigenvalue weighted by atomic mass is 10.0. The van der Waals surface area contributed by atoms with Gasteiger partial charge in [0.05, 0.1) is 12.2 Å². The van der Waals surface area contributed by atoms with Gasteiger partial charge in [0.1, 0.15) is 0 Å². The summed E-state index contributed by atoms with van der Waals surface area (Å²) in [6, 6.07) is 16.0. The minimum Gasteiger partial charge on any atom is -0.462 e. The van der Waals surface area contributed by atoms with Crippen LogP contribution in [-0.4, -0.2) is 61.6 Å². The van der Waals surface area contributed by atoms with E-state index >= 15 is 0 Å². The third-order valence-corrected chi connectivity index (χ3v) is 5.97. The molecule has 1 heterocycles. The summed E-state index contributed by atoms with van der Waals surface area (Å²) in [5.41, 5.74) is 3.25. The molecule has 1 aliphatic rings. The maximum Gasteiger partial charge on any atom is 0.338 e. The maximum absolute atomic E-state index is 11.7. The number of carbonyl (C=O) groups excluding carboxylic acids is 1. The molecule has 1 fully saturated rings. The molecule has 2 aromatic carbocycles. The molecule has 1 unspecified atom stereocenters. The van der Waals surface area contributed by atoms with Crippen LogP contribution in [0.25, 0.3) is 0 Å². The Labute approximate surface area is 185 Å². The van der Waals surface area contributed by atoms with Crippen molar-refractivity contribution in [3.05, 3.63) is 70.2 Å². The summed E-state index contributed by atoms with van der Waals surface area (Å²) in [7, 11) is 0. The summed E-state index contributed by atoms with van der Waals surface area (Å²) in [5.74, 6) is 0.390. The third-order valence-electron chi connectivity index (χ3n) is 5.71. The minimum atomic E-state index is -0.245. The number of esters is 1. The number of piperazine rings is 1. The molecule has 0 saturated carbocycles. The smallest absolute Gasteiger partial charge is 0.338 e. The molecule has 162 valence electrons. The highest BCUT2D eigenvalue weighted by molar-refractivity contribution is 6.30. The molecule has 5 heteroatoms. The molecule has 0 amide bonds. The zero-order valence-corrected chi connectivity index (χ0v) is 18.9. The summed E-state index contributed by atoms with van der Waals surface area (Å²) in [6.07, 6.45) is 2.11. The zero-order chi connectivity index (χ0) is 21.3. The molecule has 0 aromatic heterocycles. The van der Waals surface area contributed by atoms with Crippen LogP contribution in [0.1, 0.15) is 35.3 Å². The van der Waals surface area contributed by atoms with Crippen LogP contribution >= 0.6 is 11.6 Å². The van der Waals surface area contributed by atoms with Gasteiger partial charge in [-0.25, -0.2) is 4.79 Å². The van der Waals surface area contributed by atoms with E-state index in [0.29, 0.717) is 18.1 Å². The summed E-state index contributed by atoms with van der Waals surface area (Å²) >= 11 is 5.98. The Balaban J connectivity index is 1.36. The molecular weight excluding hydrogens is 396 g/mol. The van der Waals surface area contributed by atoms with Crippen molar-refractivity contribution < 1.29 is 9.53 Å². The van der Waals surface area contributed by atoms with Crippen LogP contribution in [0.15, 0.2) is 48.5 Å². The average molecular weight is 429 g/mol. The molecule has 4 nitrogen and oxygen atoms in total. The molecule has 3 rings (SSSR count). The number of hydrogen-bond donors (Lipinski definition) is 0. The van der Waals surface area contributed by atoms with Gasteiger partial charge in [0.25, 0.3) is 0 Å². The summed E-state index contributed by atoms with van der Waals surface area (Å²) in [4.78, 5) is 16.9. The second-order valence-electron chi connectivity index (χ2n) is 8.25. The highest BCUT2D eigenvalue weighted by atomic mass is 35.5. The minimum absolute atomic E-state index is 0.245. The zero-order valence-electron chi connectivity index (χ0n) is 18.1. The van der Waals surface area contributed by atoms with Gasteiger partial charge in [0.15, 0.2) is 0 Å². The first-order valence-electron chi connectivity index (χ1n) is 11.0. The fourth-order valence-electron chi connectivity index (χ4n) is 4.03. The third kappa shape index (κ3) is 7.12. The number of carbonyl (C=O) groups is 1. The first-order valence-corrected chi connectivity index (χ1v) is 11.4. The molecular formula is C25H33ClN2O2.